The van der Waals surface area contributed by atoms with Crippen molar-refractivity contribution in [2.24, 2.45) is 5.92 Å². The van der Waals surface area contributed by atoms with Crippen LogP contribution >= 0.6 is 0 Å². The molecule has 8 nitrogen and oxygen atoms in total. The fourth-order valence-electron chi connectivity index (χ4n) is 5.02. The highest BCUT2D eigenvalue weighted by molar-refractivity contribution is 5.91. The molecule has 5 rings (SSSR count). The second-order valence-electron chi connectivity index (χ2n) is 10.0. The van der Waals surface area contributed by atoms with Crippen molar-refractivity contribution in [1.29, 1.82) is 0 Å². The molecule has 2 atom stereocenters. The summed E-state index contributed by atoms with van der Waals surface area (Å²) in [4.78, 5) is 31.5. The van der Waals surface area contributed by atoms with Gasteiger partial charge in [0.1, 0.15) is 17.8 Å². The quantitative estimate of drug-likeness (QED) is 0.471. The van der Waals surface area contributed by atoms with Crippen molar-refractivity contribution in [3.05, 3.63) is 82.8 Å². The summed E-state index contributed by atoms with van der Waals surface area (Å²) in [5.41, 5.74) is 2.88. The Kier molecular flexibility index (Phi) is 7.74. The zero-order valence-electron chi connectivity index (χ0n) is 21.6. The van der Waals surface area contributed by atoms with Gasteiger partial charge in [-0.05, 0) is 60.2 Å². The van der Waals surface area contributed by atoms with E-state index in [0.29, 0.717) is 30.8 Å². The van der Waals surface area contributed by atoms with Crippen LogP contribution < -0.4 is 10.1 Å². The maximum atomic E-state index is 14.2. The van der Waals surface area contributed by atoms with E-state index in [4.69, 9.17) is 13.9 Å². The van der Waals surface area contributed by atoms with Crippen LogP contribution in [0, 0.1) is 11.7 Å². The number of oxazole rings is 1. The highest BCUT2D eigenvalue weighted by atomic mass is 19.1. The van der Waals surface area contributed by atoms with Crippen LogP contribution in [-0.4, -0.2) is 47.5 Å². The third kappa shape index (κ3) is 5.72. The van der Waals surface area contributed by atoms with E-state index < -0.39 is 6.04 Å². The number of hydrogen-bond donors (Lipinski definition) is 1. The van der Waals surface area contributed by atoms with Crippen molar-refractivity contribution in [1.82, 2.24) is 15.2 Å². The third-order valence-corrected chi connectivity index (χ3v) is 6.95. The number of amides is 2. The first kappa shape index (κ1) is 25.9. The number of ether oxygens (including phenoxy) is 2. The van der Waals surface area contributed by atoms with Crippen LogP contribution in [0.5, 0.6) is 5.75 Å². The molecule has 0 spiro atoms. The number of nitrogens with zero attached hydrogens (tertiary/aromatic N) is 2. The van der Waals surface area contributed by atoms with Gasteiger partial charge in [0.15, 0.2) is 12.3 Å². The van der Waals surface area contributed by atoms with Gasteiger partial charge in [-0.2, -0.15) is 0 Å². The number of fused-ring (bicyclic) bond motifs is 1. The Morgan fingerprint density at radius 2 is 2.11 bits per heavy atom. The van der Waals surface area contributed by atoms with Crippen LogP contribution in [0.25, 0.3) is 0 Å². The van der Waals surface area contributed by atoms with Crippen molar-refractivity contribution in [3.63, 3.8) is 0 Å². The number of rotatable bonds is 8. The van der Waals surface area contributed by atoms with Gasteiger partial charge in [-0.1, -0.05) is 32.0 Å². The summed E-state index contributed by atoms with van der Waals surface area (Å²) in [6, 6.07) is 11.7. The predicted molar refractivity (Wildman–Crippen MR) is 137 cm³/mol. The first-order valence-electron chi connectivity index (χ1n) is 13.0. The minimum atomic E-state index is -0.422. The van der Waals surface area contributed by atoms with Crippen LogP contribution in [0.3, 0.4) is 0 Å². The maximum Gasteiger partial charge on any atom is 0.273 e. The first-order valence-corrected chi connectivity index (χ1v) is 13.0. The average molecular weight is 522 g/mol. The molecule has 3 aromatic rings. The number of halogens is 1. The molecule has 0 saturated carbocycles. The Morgan fingerprint density at radius 1 is 1.24 bits per heavy atom. The summed E-state index contributed by atoms with van der Waals surface area (Å²) in [5.74, 6) is -0.0130. The van der Waals surface area contributed by atoms with E-state index in [9.17, 15) is 14.0 Å². The number of aromatic nitrogens is 1. The molecular weight excluding hydrogens is 489 g/mol. The van der Waals surface area contributed by atoms with Gasteiger partial charge < -0.3 is 24.1 Å². The second-order valence-corrected chi connectivity index (χ2v) is 10.0. The van der Waals surface area contributed by atoms with Gasteiger partial charge in [0.25, 0.3) is 5.91 Å². The number of nitrogens with one attached hydrogen (secondary N) is 1. The molecule has 2 amide bonds. The van der Waals surface area contributed by atoms with E-state index in [1.807, 2.05) is 43.0 Å². The molecule has 0 radical (unpaired) electrons. The lowest BCUT2D eigenvalue weighted by atomic mass is 9.87. The van der Waals surface area contributed by atoms with E-state index in [1.165, 1.54) is 18.4 Å². The van der Waals surface area contributed by atoms with E-state index in [2.05, 4.69) is 10.3 Å². The van der Waals surface area contributed by atoms with Gasteiger partial charge in [0, 0.05) is 25.6 Å². The van der Waals surface area contributed by atoms with Gasteiger partial charge in [-0.25, -0.2) is 9.37 Å². The highest BCUT2D eigenvalue weighted by Crippen LogP contribution is 2.38. The fourth-order valence-corrected chi connectivity index (χ4v) is 5.02. The molecule has 2 aliphatic rings. The van der Waals surface area contributed by atoms with Crippen molar-refractivity contribution in [3.8, 4) is 5.75 Å². The molecule has 1 fully saturated rings. The van der Waals surface area contributed by atoms with E-state index in [1.54, 1.807) is 6.07 Å². The number of carbonyl (C=O) groups excluding carboxylic acids is 2. The standard InChI is InChI=1S/C29H32FN3O5/c1-18(2)29(35)33-11-10-19-8-9-22(14-24(19)27(33)20-5-3-6-21(30)13-20)37-17-26-32-25(16-38-26)28(34)31-15-23-7-4-12-36-23/h3,5-6,8-9,13-14,16,18,23,27H,4,7,10-12,15,17H2,1-2H3,(H,31,34)/t23-,27-/m1/s1. The number of benzene rings is 2. The Morgan fingerprint density at radius 3 is 2.87 bits per heavy atom. The van der Waals surface area contributed by atoms with Crippen LogP contribution in [0.2, 0.25) is 0 Å². The predicted octanol–water partition coefficient (Wildman–Crippen LogP) is 4.43. The van der Waals surface area contributed by atoms with Gasteiger partial charge in [0.05, 0.1) is 12.1 Å². The molecule has 2 aliphatic heterocycles. The van der Waals surface area contributed by atoms with Crippen molar-refractivity contribution in [2.45, 2.75) is 51.9 Å². The molecule has 0 bridgehead atoms. The molecule has 1 N–H and O–H groups in total. The molecule has 200 valence electrons. The second kappa shape index (κ2) is 11.3. The fraction of sp³-hybridized carbons (Fsp3) is 0.414. The van der Waals surface area contributed by atoms with Gasteiger partial charge in [-0.15, -0.1) is 0 Å². The Balaban J connectivity index is 1.31. The molecule has 0 aliphatic carbocycles. The van der Waals surface area contributed by atoms with Crippen LogP contribution in [0.4, 0.5) is 4.39 Å². The molecule has 1 aromatic heterocycles. The number of carbonyl (C=O) groups is 2. The minimum Gasteiger partial charge on any atom is -0.484 e. The molecular formula is C29H32FN3O5. The van der Waals surface area contributed by atoms with Crippen LogP contribution in [0.15, 0.2) is 53.1 Å². The van der Waals surface area contributed by atoms with Gasteiger partial charge in [-0.3, -0.25) is 9.59 Å². The summed E-state index contributed by atoms with van der Waals surface area (Å²) < 4.78 is 31.1. The molecule has 0 unspecified atom stereocenters. The lowest BCUT2D eigenvalue weighted by Gasteiger charge is -2.39. The monoisotopic (exact) mass is 521 g/mol. The summed E-state index contributed by atoms with van der Waals surface area (Å²) >= 11 is 0. The smallest absolute Gasteiger partial charge is 0.273 e. The normalized spacial score (nSPS) is 18.9. The molecule has 3 heterocycles. The van der Waals surface area contributed by atoms with Gasteiger partial charge >= 0.3 is 0 Å². The third-order valence-electron chi connectivity index (χ3n) is 6.95. The molecule has 9 heteroatoms. The topological polar surface area (TPSA) is 93.9 Å². The Hall–Kier alpha value is -3.72. The van der Waals surface area contributed by atoms with Gasteiger partial charge in [0.2, 0.25) is 11.8 Å². The van der Waals surface area contributed by atoms with E-state index >= 15 is 0 Å². The first-order chi connectivity index (χ1) is 18.4. The minimum absolute atomic E-state index is 0.0151. The van der Waals surface area contributed by atoms with Crippen molar-refractivity contribution in [2.75, 3.05) is 19.7 Å². The average Bonchev–Trinajstić information content (AvgIpc) is 3.62. The SMILES string of the molecule is CC(C)C(=O)N1CCc2ccc(OCc3nc(C(=O)NC[C@H]4CCCO4)co3)cc2[C@H]1c1cccc(F)c1. The largest absolute Gasteiger partial charge is 0.484 e. The molecule has 2 aromatic carbocycles. The Bertz CT molecular complexity index is 1300. The lowest BCUT2D eigenvalue weighted by Crippen LogP contribution is -2.42. The van der Waals surface area contributed by atoms with E-state index in [0.717, 1.165) is 30.6 Å². The summed E-state index contributed by atoms with van der Waals surface area (Å²) in [6.07, 6.45) is 3.99. The Labute approximate surface area is 221 Å². The molecule has 1 saturated heterocycles. The summed E-state index contributed by atoms with van der Waals surface area (Å²) in [7, 11) is 0. The summed E-state index contributed by atoms with van der Waals surface area (Å²) in [5, 5.41) is 2.82. The zero-order chi connectivity index (χ0) is 26.6. The van der Waals surface area contributed by atoms with E-state index in [-0.39, 0.29) is 47.8 Å². The number of hydrogen-bond acceptors (Lipinski definition) is 6. The van der Waals surface area contributed by atoms with Crippen LogP contribution in [-0.2, 0) is 22.6 Å². The maximum absolute atomic E-state index is 14.2. The van der Waals surface area contributed by atoms with Crippen molar-refractivity contribution >= 4 is 11.8 Å². The van der Waals surface area contributed by atoms with Crippen LogP contribution in [0.1, 0.15) is 65.8 Å². The lowest BCUT2D eigenvalue weighted by molar-refractivity contribution is -0.136. The zero-order valence-corrected chi connectivity index (χ0v) is 21.6. The van der Waals surface area contributed by atoms with Crippen molar-refractivity contribution < 1.29 is 27.9 Å². The molecule has 38 heavy (non-hydrogen) atoms. The highest BCUT2D eigenvalue weighted by Gasteiger charge is 2.33. The summed E-state index contributed by atoms with van der Waals surface area (Å²) in [6.45, 7) is 5.48.